The Morgan fingerprint density at radius 2 is 1.77 bits per heavy atom. The van der Waals surface area contributed by atoms with Crippen LogP contribution in [0.5, 0.6) is 0 Å². The lowest BCUT2D eigenvalue weighted by Gasteiger charge is -2.15. The van der Waals surface area contributed by atoms with E-state index in [9.17, 15) is 42.9 Å². The molecule has 0 bridgehead atoms. The van der Waals surface area contributed by atoms with Crippen LogP contribution in [0.2, 0.25) is 0 Å². The first-order valence-electron chi connectivity index (χ1n) is 13.3. The first-order valence-corrected chi connectivity index (χ1v) is 13.3. The number of pyridine rings is 2. The number of alkyl halides is 3. The van der Waals surface area contributed by atoms with E-state index in [4.69, 9.17) is 4.74 Å². The number of carbonyl (C=O) groups excluding carboxylic acids is 2. The molecule has 236 valence electrons. The van der Waals surface area contributed by atoms with E-state index in [-0.39, 0.29) is 46.3 Å². The van der Waals surface area contributed by atoms with E-state index in [0.29, 0.717) is 17.4 Å². The number of anilines is 2. The van der Waals surface area contributed by atoms with Crippen LogP contribution >= 0.6 is 0 Å². The number of carbonyl (C=O) groups is 2. The van der Waals surface area contributed by atoms with Gasteiger partial charge in [-0.1, -0.05) is 25.0 Å². The monoisotopic (exact) mass is 622 g/mol. The molecule has 1 fully saturated rings. The largest absolute Gasteiger partial charge is 0.462 e. The van der Waals surface area contributed by atoms with E-state index in [1.165, 1.54) is 35.9 Å². The summed E-state index contributed by atoms with van der Waals surface area (Å²) in [6.07, 6.45) is -4.88. The van der Waals surface area contributed by atoms with Crippen LogP contribution in [-0.4, -0.2) is 60.2 Å². The Bertz CT molecular complexity index is 1760. The highest BCUT2D eigenvalue weighted by Gasteiger charge is 2.35. The van der Waals surface area contributed by atoms with Gasteiger partial charge in [-0.2, -0.15) is 13.2 Å². The molecule has 0 saturated heterocycles. The Morgan fingerprint density at radius 3 is 2.34 bits per heavy atom. The fourth-order valence-corrected chi connectivity index (χ4v) is 5.04. The van der Waals surface area contributed by atoms with Crippen molar-refractivity contribution in [3.8, 4) is 0 Å². The first kappa shape index (κ1) is 32.2. The van der Waals surface area contributed by atoms with Crippen LogP contribution in [0.1, 0.15) is 54.6 Å². The standard InChI is InChI=1S/C25H24F3N5O6.C2H5NO2/c1-2-39-22(34)15-10-20(31-21-14(15)8-5-9-16(21)24(26,27)28)30-19-11-17-18(12-29-19)33(25(36,37)38)23(35)32(17)13-6-3-4-7-13;1-5-2(3)4/h5,8-13,36-38H,2-4,6-7H2,1H3,(H,29,30,31);1H3,(H2,3,4). The molecule has 1 aliphatic rings. The van der Waals surface area contributed by atoms with Crippen molar-refractivity contribution in [1.82, 2.24) is 19.1 Å². The number of imidazole rings is 1. The minimum atomic E-state index is -4.75. The Morgan fingerprint density at radius 1 is 1.11 bits per heavy atom. The smallest absolute Gasteiger partial charge is 0.418 e. The van der Waals surface area contributed by atoms with Crippen molar-refractivity contribution in [2.45, 2.75) is 50.9 Å². The van der Waals surface area contributed by atoms with Gasteiger partial charge < -0.3 is 35.8 Å². The number of methoxy groups -OCH3 is 1. The molecule has 0 aliphatic heterocycles. The molecule has 4 aromatic rings. The SMILES string of the molecule is CCOC(=O)c1cc(Nc2cc3c(cn2)n(C(O)(O)O)c(=O)n3C2CCCC2)nc2c(C(F)(F)F)cccc12.COC(N)=O. The van der Waals surface area contributed by atoms with Crippen molar-refractivity contribution in [2.75, 3.05) is 19.0 Å². The van der Waals surface area contributed by atoms with E-state index >= 15 is 0 Å². The van der Waals surface area contributed by atoms with Crippen molar-refractivity contribution >= 4 is 45.6 Å². The molecule has 1 aliphatic carbocycles. The van der Waals surface area contributed by atoms with Crippen molar-refractivity contribution < 1.29 is 47.6 Å². The number of nitrogens with two attached hydrogens (primary N) is 1. The number of hydrogen-bond acceptors (Lipinski definition) is 11. The highest BCUT2D eigenvalue weighted by Crippen LogP contribution is 2.37. The molecular weight excluding hydrogens is 593 g/mol. The maximum atomic E-state index is 13.8. The molecule has 0 atom stereocenters. The van der Waals surface area contributed by atoms with Crippen molar-refractivity contribution in [3.63, 3.8) is 0 Å². The topological polar surface area (TPSA) is 204 Å². The zero-order valence-electron chi connectivity index (χ0n) is 23.5. The molecule has 3 aromatic heterocycles. The highest BCUT2D eigenvalue weighted by atomic mass is 19.4. The first-order chi connectivity index (χ1) is 20.7. The molecule has 0 unspecified atom stereocenters. The van der Waals surface area contributed by atoms with Gasteiger partial charge in [0.2, 0.25) is 0 Å². The number of ether oxygens (including phenoxy) is 2. The summed E-state index contributed by atoms with van der Waals surface area (Å²) in [5.41, 5.74) is 2.02. The molecule has 5 rings (SSSR count). The number of primary amides is 1. The number of rotatable bonds is 6. The van der Waals surface area contributed by atoms with Crippen LogP contribution < -0.4 is 16.7 Å². The number of esters is 1. The summed E-state index contributed by atoms with van der Waals surface area (Å²) >= 11 is 0. The third-order valence-electron chi connectivity index (χ3n) is 6.85. The molecule has 6 N–H and O–H groups in total. The maximum absolute atomic E-state index is 13.8. The van der Waals surface area contributed by atoms with Crippen LogP contribution in [0.25, 0.3) is 21.9 Å². The Kier molecular flexibility index (Phi) is 9.12. The van der Waals surface area contributed by atoms with Crippen molar-refractivity contribution in [2.24, 2.45) is 5.73 Å². The number of aromatic nitrogens is 4. The molecule has 44 heavy (non-hydrogen) atoms. The number of nitrogens with one attached hydrogen (secondary N) is 1. The minimum Gasteiger partial charge on any atom is -0.462 e. The van der Waals surface area contributed by atoms with Crippen LogP contribution in [0.4, 0.5) is 29.6 Å². The summed E-state index contributed by atoms with van der Waals surface area (Å²) in [5, 5.41) is 32.2. The molecular formula is C27H29F3N6O8. The van der Waals surface area contributed by atoms with Crippen molar-refractivity contribution in [3.05, 3.63) is 58.1 Å². The van der Waals surface area contributed by atoms with Crippen molar-refractivity contribution in [1.29, 1.82) is 0 Å². The van der Waals surface area contributed by atoms with Gasteiger partial charge in [0.25, 0.3) is 0 Å². The van der Waals surface area contributed by atoms with Crippen LogP contribution in [-0.2, 0) is 21.7 Å². The van der Waals surface area contributed by atoms with Crippen LogP contribution in [0.15, 0.2) is 41.3 Å². The van der Waals surface area contributed by atoms with Gasteiger partial charge in [-0.25, -0.2) is 28.9 Å². The van der Waals surface area contributed by atoms with Gasteiger partial charge in [0, 0.05) is 17.5 Å². The molecule has 1 amide bonds. The van der Waals surface area contributed by atoms with Gasteiger partial charge in [0.05, 0.1) is 47.6 Å². The summed E-state index contributed by atoms with van der Waals surface area (Å²) in [5.74, 6) is -0.950. The Labute approximate surface area is 246 Å². The molecule has 1 aromatic carbocycles. The van der Waals surface area contributed by atoms with E-state index in [2.05, 4.69) is 25.8 Å². The summed E-state index contributed by atoms with van der Waals surface area (Å²) in [4.78, 5) is 43.3. The van der Waals surface area contributed by atoms with Crippen LogP contribution in [0.3, 0.4) is 0 Å². The molecule has 0 spiro atoms. The molecule has 0 radical (unpaired) electrons. The molecule has 1 saturated carbocycles. The number of fused-ring (bicyclic) bond motifs is 2. The lowest BCUT2D eigenvalue weighted by atomic mass is 10.0. The summed E-state index contributed by atoms with van der Waals surface area (Å²) < 4.78 is 52.0. The summed E-state index contributed by atoms with van der Waals surface area (Å²) in [7, 11) is 1.22. The van der Waals surface area contributed by atoms with E-state index < -0.39 is 41.1 Å². The van der Waals surface area contributed by atoms with Gasteiger partial charge in [-0.3, -0.25) is 4.57 Å². The number of amides is 1. The Balaban J connectivity index is 0.000000818. The summed E-state index contributed by atoms with van der Waals surface area (Å²) in [6.45, 7) is 1.57. The molecule has 3 heterocycles. The number of hydrogen-bond donors (Lipinski definition) is 5. The molecule has 17 heteroatoms. The quantitative estimate of drug-likeness (QED) is 0.156. The van der Waals surface area contributed by atoms with Gasteiger partial charge >= 0.3 is 30.0 Å². The minimum absolute atomic E-state index is 0.000340. The second-order valence-electron chi connectivity index (χ2n) is 9.71. The number of aliphatic hydroxyl groups is 3. The number of nitrogens with zero attached hydrogens (tertiary/aromatic N) is 4. The van der Waals surface area contributed by atoms with E-state index in [1.807, 2.05) is 0 Å². The molecule has 14 nitrogen and oxygen atoms in total. The van der Waals surface area contributed by atoms with Gasteiger partial charge in [0.15, 0.2) is 0 Å². The zero-order valence-corrected chi connectivity index (χ0v) is 23.5. The lowest BCUT2D eigenvalue weighted by molar-refractivity contribution is -0.374. The maximum Gasteiger partial charge on any atom is 0.418 e. The average Bonchev–Trinajstić information content (AvgIpc) is 3.57. The normalized spacial score (nSPS) is 13.9. The van der Waals surface area contributed by atoms with Gasteiger partial charge in [-0.05, 0) is 31.9 Å². The summed E-state index contributed by atoms with van der Waals surface area (Å²) in [6, 6.07) is 5.71. The third kappa shape index (κ3) is 6.58. The second-order valence-corrected chi connectivity index (χ2v) is 9.71. The fraction of sp³-hybridized carbons (Fsp3) is 0.370. The van der Waals surface area contributed by atoms with Gasteiger partial charge in [-0.15, -0.1) is 0 Å². The average molecular weight is 623 g/mol. The number of para-hydroxylation sites is 1. The van der Waals surface area contributed by atoms with E-state index in [0.717, 1.165) is 25.1 Å². The number of benzene rings is 1. The van der Waals surface area contributed by atoms with E-state index in [1.54, 1.807) is 6.92 Å². The zero-order chi connectivity index (χ0) is 32.4. The highest BCUT2D eigenvalue weighted by molar-refractivity contribution is 6.05. The van der Waals surface area contributed by atoms with Gasteiger partial charge in [0.1, 0.15) is 11.6 Å². The fourth-order valence-electron chi connectivity index (χ4n) is 5.04. The predicted molar refractivity (Wildman–Crippen MR) is 149 cm³/mol. The second kappa shape index (κ2) is 12.5. The third-order valence-corrected chi connectivity index (χ3v) is 6.85. The predicted octanol–water partition coefficient (Wildman–Crippen LogP) is 3.06. The number of halogens is 3. The Hall–Kier alpha value is -4.74. The van der Waals surface area contributed by atoms with Crippen LogP contribution in [0, 0.1) is 0 Å². The lowest BCUT2D eigenvalue weighted by Crippen LogP contribution is -2.41.